The highest BCUT2D eigenvalue weighted by Crippen LogP contribution is 2.37. The zero-order valence-corrected chi connectivity index (χ0v) is 11.6. The van der Waals surface area contributed by atoms with Gasteiger partial charge in [-0.1, -0.05) is 59.3 Å². The van der Waals surface area contributed by atoms with Crippen LogP contribution in [0.1, 0.15) is 78.6 Å². The van der Waals surface area contributed by atoms with Crippen LogP contribution in [0.2, 0.25) is 0 Å². The predicted molar refractivity (Wildman–Crippen MR) is 72.5 cm³/mol. The van der Waals surface area contributed by atoms with Gasteiger partial charge in [0, 0.05) is 5.54 Å². The van der Waals surface area contributed by atoms with Gasteiger partial charge in [-0.05, 0) is 31.1 Å². The predicted octanol–water partition coefficient (Wildman–Crippen LogP) is 4.50. The normalized spacial score (nSPS) is 31.7. The first-order valence-corrected chi connectivity index (χ1v) is 7.45. The van der Waals surface area contributed by atoms with E-state index in [9.17, 15) is 0 Å². The molecule has 1 aliphatic rings. The van der Waals surface area contributed by atoms with Crippen LogP contribution < -0.4 is 5.73 Å². The number of nitrogens with two attached hydrogens (primary N) is 1. The summed E-state index contributed by atoms with van der Waals surface area (Å²) in [6.45, 7) is 6.91. The molecule has 2 atom stereocenters. The third-order valence-corrected chi connectivity index (χ3v) is 4.77. The largest absolute Gasteiger partial charge is 0.325 e. The Morgan fingerprint density at radius 2 is 1.81 bits per heavy atom. The Morgan fingerprint density at radius 3 is 2.38 bits per heavy atom. The van der Waals surface area contributed by atoms with E-state index in [0.717, 1.165) is 11.8 Å². The number of hydrogen-bond donors (Lipinski definition) is 1. The third-order valence-electron chi connectivity index (χ3n) is 4.77. The molecule has 0 amide bonds. The summed E-state index contributed by atoms with van der Waals surface area (Å²) < 4.78 is 0. The topological polar surface area (TPSA) is 26.0 Å². The highest BCUT2D eigenvalue weighted by Gasteiger charge is 2.34. The molecule has 1 aliphatic carbocycles. The van der Waals surface area contributed by atoms with Crippen molar-refractivity contribution < 1.29 is 0 Å². The summed E-state index contributed by atoms with van der Waals surface area (Å²) in [5.74, 6) is 1.71. The summed E-state index contributed by atoms with van der Waals surface area (Å²) in [6, 6.07) is 0. The van der Waals surface area contributed by atoms with Crippen LogP contribution >= 0.6 is 0 Å². The molecule has 0 saturated heterocycles. The maximum atomic E-state index is 6.68. The maximum absolute atomic E-state index is 6.68. The molecule has 1 nitrogen and oxygen atoms in total. The van der Waals surface area contributed by atoms with Crippen molar-refractivity contribution in [2.45, 2.75) is 84.1 Å². The van der Waals surface area contributed by atoms with E-state index in [-0.39, 0.29) is 5.54 Å². The molecule has 1 saturated carbocycles. The van der Waals surface area contributed by atoms with Gasteiger partial charge < -0.3 is 5.73 Å². The van der Waals surface area contributed by atoms with E-state index in [1.807, 2.05) is 0 Å². The van der Waals surface area contributed by atoms with E-state index in [0.29, 0.717) is 0 Å². The molecule has 2 N–H and O–H groups in total. The second-order valence-corrected chi connectivity index (χ2v) is 5.83. The van der Waals surface area contributed by atoms with Gasteiger partial charge in [-0.15, -0.1) is 0 Å². The smallest absolute Gasteiger partial charge is 0.0182 e. The lowest BCUT2D eigenvalue weighted by Gasteiger charge is -2.36. The van der Waals surface area contributed by atoms with Crippen molar-refractivity contribution in [3.8, 4) is 0 Å². The molecule has 0 aromatic heterocycles. The van der Waals surface area contributed by atoms with Gasteiger partial charge in [0.25, 0.3) is 0 Å². The van der Waals surface area contributed by atoms with Crippen LogP contribution in [0.4, 0.5) is 0 Å². The first-order valence-electron chi connectivity index (χ1n) is 7.45. The molecular formula is C15H31N. The van der Waals surface area contributed by atoms with Gasteiger partial charge in [0.05, 0.1) is 0 Å². The van der Waals surface area contributed by atoms with Gasteiger partial charge in [0.15, 0.2) is 0 Å². The van der Waals surface area contributed by atoms with Gasteiger partial charge in [-0.25, -0.2) is 0 Å². The first-order chi connectivity index (χ1) is 7.66. The fraction of sp³-hybridized carbons (Fsp3) is 1.00. The molecule has 1 fully saturated rings. The Morgan fingerprint density at radius 1 is 1.12 bits per heavy atom. The van der Waals surface area contributed by atoms with E-state index in [2.05, 4.69) is 20.8 Å². The first kappa shape index (κ1) is 14.0. The van der Waals surface area contributed by atoms with Crippen molar-refractivity contribution in [2.24, 2.45) is 17.6 Å². The minimum atomic E-state index is 0.159. The molecule has 0 aliphatic heterocycles. The Labute approximate surface area is 102 Å². The van der Waals surface area contributed by atoms with Gasteiger partial charge in [-0.2, -0.15) is 0 Å². The number of hydrogen-bond acceptors (Lipinski definition) is 1. The summed E-state index contributed by atoms with van der Waals surface area (Å²) in [7, 11) is 0. The van der Waals surface area contributed by atoms with Crippen molar-refractivity contribution in [3.63, 3.8) is 0 Å². The van der Waals surface area contributed by atoms with Crippen LogP contribution in [0.3, 0.4) is 0 Å². The lowest BCUT2D eigenvalue weighted by molar-refractivity contribution is 0.221. The highest BCUT2D eigenvalue weighted by atomic mass is 14.8. The minimum Gasteiger partial charge on any atom is -0.325 e. The molecular weight excluding hydrogens is 194 g/mol. The van der Waals surface area contributed by atoms with Gasteiger partial charge >= 0.3 is 0 Å². The van der Waals surface area contributed by atoms with Crippen molar-refractivity contribution >= 4 is 0 Å². The van der Waals surface area contributed by atoms with Gasteiger partial charge in [-0.3, -0.25) is 0 Å². The van der Waals surface area contributed by atoms with Crippen LogP contribution in [0.15, 0.2) is 0 Å². The molecule has 2 unspecified atom stereocenters. The van der Waals surface area contributed by atoms with Gasteiger partial charge in [0.2, 0.25) is 0 Å². The van der Waals surface area contributed by atoms with Crippen LogP contribution in [-0.2, 0) is 0 Å². The molecule has 16 heavy (non-hydrogen) atoms. The summed E-state index contributed by atoms with van der Waals surface area (Å²) >= 11 is 0. The lowest BCUT2D eigenvalue weighted by atomic mass is 9.75. The van der Waals surface area contributed by atoms with Crippen LogP contribution in [0.25, 0.3) is 0 Å². The maximum Gasteiger partial charge on any atom is 0.0182 e. The molecule has 0 bridgehead atoms. The third kappa shape index (κ3) is 3.48. The Hall–Kier alpha value is -0.0400. The molecule has 0 aromatic rings. The van der Waals surface area contributed by atoms with Crippen molar-refractivity contribution in [3.05, 3.63) is 0 Å². The van der Waals surface area contributed by atoms with E-state index in [1.54, 1.807) is 0 Å². The van der Waals surface area contributed by atoms with Gasteiger partial charge in [0.1, 0.15) is 0 Å². The summed E-state index contributed by atoms with van der Waals surface area (Å²) in [6.07, 6.45) is 12.0. The Balaban J connectivity index is 2.56. The fourth-order valence-corrected chi connectivity index (χ4v) is 3.67. The molecule has 96 valence electrons. The fourth-order valence-electron chi connectivity index (χ4n) is 3.67. The summed E-state index contributed by atoms with van der Waals surface area (Å²) in [4.78, 5) is 0. The number of rotatable bonds is 5. The van der Waals surface area contributed by atoms with Crippen LogP contribution in [-0.4, -0.2) is 5.54 Å². The average Bonchev–Trinajstić information content (AvgIpc) is 2.44. The zero-order chi connectivity index (χ0) is 12.0. The van der Waals surface area contributed by atoms with E-state index in [4.69, 9.17) is 5.73 Å². The molecule has 0 aromatic carbocycles. The SMILES string of the molecule is CCCC1CCCC(N)(C(CC)CC)CC1. The second-order valence-electron chi connectivity index (χ2n) is 5.83. The van der Waals surface area contributed by atoms with E-state index >= 15 is 0 Å². The van der Waals surface area contributed by atoms with E-state index in [1.165, 1.54) is 57.8 Å². The standard InChI is InChI=1S/C15H31N/c1-4-8-13-9-7-11-15(16,12-10-13)14(5-2)6-3/h13-14H,4-12,16H2,1-3H3. The summed E-state index contributed by atoms with van der Waals surface area (Å²) in [5.41, 5.74) is 6.84. The quantitative estimate of drug-likeness (QED) is 0.685. The summed E-state index contributed by atoms with van der Waals surface area (Å²) in [5, 5.41) is 0. The zero-order valence-electron chi connectivity index (χ0n) is 11.6. The lowest BCUT2D eigenvalue weighted by Crippen LogP contribution is -2.46. The van der Waals surface area contributed by atoms with Crippen molar-refractivity contribution in [1.29, 1.82) is 0 Å². The average molecular weight is 225 g/mol. The van der Waals surface area contributed by atoms with Crippen LogP contribution in [0.5, 0.6) is 0 Å². The molecule has 0 spiro atoms. The molecule has 0 radical (unpaired) electrons. The minimum absolute atomic E-state index is 0.159. The monoisotopic (exact) mass is 225 g/mol. The Kier molecular flexibility index (Phi) is 5.82. The molecule has 0 heterocycles. The van der Waals surface area contributed by atoms with Crippen molar-refractivity contribution in [1.82, 2.24) is 0 Å². The van der Waals surface area contributed by atoms with Crippen molar-refractivity contribution in [2.75, 3.05) is 0 Å². The second kappa shape index (κ2) is 6.64. The Bertz CT molecular complexity index is 186. The molecule has 1 rings (SSSR count). The van der Waals surface area contributed by atoms with Crippen LogP contribution in [0, 0.1) is 11.8 Å². The highest BCUT2D eigenvalue weighted by molar-refractivity contribution is 4.92. The molecule has 1 heteroatoms. The van der Waals surface area contributed by atoms with E-state index < -0.39 is 0 Å².